The Morgan fingerprint density at radius 1 is 1.08 bits per heavy atom. The molecule has 3 rings (SSSR count). The van der Waals surface area contributed by atoms with Crippen LogP contribution in [0.1, 0.15) is 10.4 Å². The highest BCUT2D eigenvalue weighted by atomic mass is 32.2. The van der Waals surface area contributed by atoms with Crippen molar-refractivity contribution in [3.63, 3.8) is 0 Å². The monoisotopic (exact) mass is 377 g/mol. The van der Waals surface area contributed by atoms with Gasteiger partial charge in [0.15, 0.2) is 0 Å². The molecular formula is C18H14F3N3OS. The van der Waals surface area contributed by atoms with Crippen molar-refractivity contribution in [2.24, 2.45) is 0 Å². The normalized spacial score (nSPS) is 11.3. The van der Waals surface area contributed by atoms with Crippen LogP contribution in [0.4, 0.5) is 18.9 Å². The van der Waals surface area contributed by atoms with Gasteiger partial charge >= 0.3 is 6.18 Å². The Balaban J connectivity index is 1.72. The van der Waals surface area contributed by atoms with Crippen LogP contribution in [0, 0.1) is 0 Å². The molecule has 0 fully saturated rings. The Morgan fingerprint density at radius 2 is 1.81 bits per heavy atom. The van der Waals surface area contributed by atoms with E-state index in [1.807, 2.05) is 0 Å². The minimum absolute atomic E-state index is 0.350. The van der Waals surface area contributed by atoms with Crippen molar-refractivity contribution in [2.45, 2.75) is 11.1 Å². The molecule has 0 spiro atoms. The SMILES string of the molecule is O=C(Nc1ccccc1SCC(F)(F)F)c1ccc(-n2cccn2)cc1. The average molecular weight is 377 g/mol. The number of nitrogens with one attached hydrogen (secondary N) is 1. The number of aromatic nitrogens is 2. The molecule has 1 aromatic heterocycles. The van der Waals surface area contributed by atoms with Gasteiger partial charge < -0.3 is 5.32 Å². The first-order valence-electron chi connectivity index (χ1n) is 7.62. The van der Waals surface area contributed by atoms with Gasteiger partial charge in [0.1, 0.15) is 0 Å². The molecule has 4 nitrogen and oxygen atoms in total. The van der Waals surface area contributed by atoms with Crippen LogP contribution >= 0.6 is 11.8 Å². The van der Waals surface area contributed by atoms with Gasteiger partial charge in [-0.15, -0.1) is 11.8 Å². The molecule has 0 radical (unpaired) electrons. The third-order valence-corrected chi connectivity index (χ3v) is 4.56. The quantitative estimate of drug-likeness (QED) is 0.651. The lowest BCUT2D eigenvalue weighted by atomic mass is 10.2. The van der Waals surface area contributed by atoms with E-state index in [0.717, 1.165) is 5.69 Å². The van der Waals surface area contributed by atoms with Gasteiger partial charge in [-0.05, 0) is 42.5 Å². The summed E-state index contributed by atoms with van der Waals surface area (Å²) in [5.41, 5.74) is 1.55. The zero-order chi connectivity index (χ0) is 18.6. The number of anilines is 1. The molecule has 1 amide bonds. The maximum Gasteiger partial charge on any atom is 0.398 e. The molecular weight excluding hydrogens is 363 g/mol. The zero-order valence-corrected chi connectivity index (χ0v) is 14.2. The minimum Gasteiger partial charge on any atom is -0.321 e. The van der Waals surface area contributed by atoms with Crippen LogP contribution in [-0.4, -0.2) is 27.6 Å². The van der Waals surface area contributed by atoms with E-state index in [1.165, 1.54) is 0 Å². The maximum atomic E-state index is 12.4. The summed E-state index contributed by atoms with van der Waals surface area (Å²) in [6, 6.07) is 15.0. The molecule has 0 atom stereocenters. The van der Waals surface area contributed by atoms with Gasteiger partial charge in [0, 0.05) is 22.9 Å². The molecule has 0 aliphatic rings. The lowest BCUT2D eigenvalue weighted by molar-refractivity contribution is -0.105. The lowest BCUT2D eigenvalue weighted by Crippen LogP contribution is -2.14. The fourth-order valence-electron chi connectivity index (χ4n) is 2.24. The molecule has 0 saturated heterocycles. The lowest BCUT2D eigenvalue weighted by Gasteiger charge is -2.12. The van der Waals surface area contributed by atoms with Gasteiger partial charge in [-0.25, -0.2) is 4.68 Å². The number of halogens is 3. The number of nitrogens with zero attached hydrogens (tertiary/aromatic N) is 2. The zero-order valence-electron chi connectivity index (χ0n) is 13.4. The van der Waals surface area contributed by atoms with Crippen molar-refractivity contribution >= 4 is 23.4 Å². The van der Waals surface area contributed by atoms with E-state index in [-0.39, 0.29) is 0 Å². The number of alkyl halides is 3. The first kappa shape index (κ1) is 18.1. The largest absolute Gasteiger partial charge is 0.398 e. The van der Waals surface area contributed by atoms with Crippen molar-refractivity contribution in [1.82, 2.24) is 9.78 Å². The van der Waals surface area contributed by atoms with Gasteiger partial charge in [-0.2, -0.15) is 18.3 Å². The van der Waals surface area contributed by atoms with Crippen LogP contribution in [0.25, 0.3) is 5.69 Å². The van der Waals surface area contributed by atoms with E-state index < -0.39 is 17.8 Å². The number of carbonyl (C=O) groups excluding carboxylic acids is 1. The van der Waals surface area contributed by atoms with Crippen molar-refractivity contribution < 1.29 is 18.0 Å². The standard InChI is InChI=1S/C18H14F3N3OS/c19-18(20,21)12-26-16-5-2-1-4-15(16)23-17(25)13-6-8-14(9-7-13)24-11-3-10-22-24/h1-11H,12H2,(H,23,25). The Morgan fingerprint density at radius 3 is 2.46 bits per heavy atom. The highest BCUT2D eigenvalue weighted by Crippen LogP contribution is 2.32. The van der Waals surface area contributed by atoms with Crippen LogP contribution in [0.5, 0.6) is 0 Å². The summed E-state index contributed by atoms with van der Waals surface area (Å²) in [7, 11) is 0. The van der Waals surface area contributed by atoms with E-state index in [0.29, 0.717) is 27.9 Å². The first-order valence-corrected chi connectivity index (χ1v) is 8.61. The molecule has 134 valence electrons. The third kappa shape index (κ3) is 4.66. The number of hydrogen-bond acceptors (Lipinski definition) is 3. The van der Waals surface area contributed by atoms with Gasteiger partial charge in [0.05, 0.1) is 17.1 Å². The number of hydrogen-bond donors (Lipinski definition) is 1. The number of carbonyl (C=O) groups is 1. The molecule has 3 aromatic rings. The average Bonchev–Trinajstić information content (AvgIpc) is 3.15. The van der Waals surface area contributed by atoms with Gasteiger partial charge in [-0.1, -0.05) is 12.1 Å². The van der Waals surface area contributed by atoms with Crippen molar-refractivity contribution in [2.75, 3.05) is 11.1 Å². The minimum atomic E-state index is -4.27. The Bertz CT molecular complexity index is 877. The number of thioether (sulfide) groups is 1. The summed E-state index contributed by atoms with van der Waals surface area (Å²) in [6.07, 6.45) is -0.844. The second kappa shape index (κ2) is 7.65. The number of para-hydroxylation sites is 1. The fourth-order valence-corrected chi connectivity index (χ4v) is 3.01. The van der Waals surface area contributed by atoms with Crippen molar-refractivity contribution in [3.05, 3.63) is 72.6 Å². The van der Waals surface area contributed by atoms with Crippen LogP contribution < -0.4 is 5.32 Å². The smallest absolute Gasteiger partial charge is 0.321 e. The van der Waals surface area contributed by atoms with Crippen LogP contribution in [0.2, 0.25) is 0 Å². The predicted octanol–water partition coefficient (Wildman–Crippen LogP) is 4.78. The summed E-state index contributed by atoms with van der Waals surface area (Å²) >= 11 is 0.641. The highest BCUT2D eigenvalue weighted by Gasteiger charge is 2.27. The highest BCUT2D eigenvalue weighted by molar-refractivity contribution is 7.99. The van der Waals surface area contributed by atoms with E-state index in [9.17, 15) is 18.0 Å². The Labute approximate surface area is 152 Å². The summed E-state index contributed by atoms with van der Waals surface area (Å²) in [5.74, 6) is -1.41. The van der Waals surface area contributed by atoms with Crippen molar-refractivity contribution in [1.29, 1.82) is 0 Å². The summed E-state index contributed by atoms with van der Waals surface area (Å²) in [5, 5.41) is 6.77. The van der Waals surface area contributed by atoms with Gasteiger partial charge in [-0.3, -0.25) is 4.79 Å². The number of amides is 1. The molecule has 0 aliphatic heterocycles. The molecule has 1 heterocycles. The number of benzene rings is 2. The van der Waals surface area contributed by atoms with E-state index in [2.05, 4.69) is 10.4 Å². The van der Waals surface area contributed by atoms with E-state index >= 15 is 0 Å². The second-order valence-corrected chi connectivity index (χ2v) is 6.37. The molecule has 8 heteroatoms. The topological polar surface area (TPSA) is 46.9 Å². The van der Waals surface area contributed by atoms with Crippen molar-refractivity contribution in [3.8, 4) is 5.69 Å². The molecule has 1 N–H and O–H groups in total. The van der Waals surface area contributed by atoms with Crippen LogP contribution in [-0.2, 0) is 0 Å². The molecule has 2 aromatic carbocycles. The molecule has 0 aliphatic carbocycles. The van der Waals surface area contributed by atoms with E-state index in [1.54, 1.807) is 71.7 Å². The molecule has 0 saturated carbocycles. The predicted molar refractivity (Wildman–Crippen MR) is 94.7 cm³/mol. The molecule has 0 bridgehead atoms. The van der Waals surface area contributed by atoms with Crippen LogP contribution in [0.15, 0.2) is 71.9 Å². The summed E-state index contributed by atoms with van der Waals surface area (Å²) < 4.78 is 39.0. The first-order chi connectivity index (χ1) is 12.4. The van der Waals surface area contributed by atoms with E-state index in [4.69, 9.17) is 0 Å². The van der Waals surface area contributed by atoms with Gasteiger partial charge in [0.25, 0.3) is 5.91 Å². The summed E-state index contributed by atoms with van der Waals surface area (Å²) in [4.78, 5) is 12.8. The third-order valence-electron chi connectivity index (χ3n) is 3.43. The second-order valence-electron chi connectivity index (χ2n) is 5.35. The maximum absolute atomic E-state index is 12.4. The Kier molecular flexibility index (Phi) is 5.32. The summed E-state index contributed by atoms with van der Waals surface area (Å²) in [6.45, 7) is 0. The fraction of sp³-hybridized carbons (Fsp3) is 0.111. The molecule has 26 heavy (non-hydrogen) atoms. The van der Waals surface area contributed by atoms with Gasteiger partial charge in [0.2, 0.25) is 0 Å². The van der Waals surface area contributed by atoms with Crippen LogP contribution in [0.3, 0.4) is 0 Å². The Hall–Kier alpha value is -2.74. The molecule has 0 unspecified atom stereocenters. The number of rotatable bonds is 5.